The summed E-state index contributed by atoms with van der Waals surface area (Å²) in [5.74, 6) is 0. The summed E-state index contributed by atoms with van der Waals surface area (Å²) in [5.41, 5.74) is 29.3. The molecule has 596 valence electrons. The molecule has 16 aromatic carbocycles. The van der Waals surface area contributed by atoms with Gasteiger partial charge in [0.2, 0.25) is 0 Å². The first kappa shape index (κ1) is 67.4. The van der Waals surface area contributed by atoms with Gasteiger partial charge in [-0.1, -0.05) is 322 Å². The lowest BCUT2D eigenvalue weighted by Gasteiger charge is -2.45. The van der Waals surface area contributed by atoms with Gasteiger partial charge in [-0.15, -0.1) is 0 Å². The lowest BCUT2D eigenvalue weighted by Crippen LogP contribution is -2.61. The van der Waals surface area contributed by atoms with Crippen LogP contribution < -0.4 is 31.1 Å². The normalized spacial score (nSPS) is 14.0. The molecule has 2 aliphatic rings. The van der Waals surface area contributed by atoms with Crippen molar-refractivity contribution >= 4 is 118 Å². The molecule has 122 heavy (non-hydrogen) atoms. The van der Waals surface area contributed by atoms with Gasteiger partial charge in [0.1, 0.15) is 0 Å². The summed E-state index contributed by atoms with van der Waals surface area (Å²) >= 11 is 0. The van der Waals surface area contributed by atoms with Crippen LogP contribution in [0.3, 0.4) is 0 Å². The molecular formula is C116H104BN5. The zero-order valence-electron chi connectivity index (χ0n) is 81.2. The fourth-order valence-electron chi connectivity index (χ4n) is 18.6. The molecule has 0 saturated carbocycles. The summed E-state index contributed by atoms with van der Waals surface area (Å²) in [6.07, 6.45) is 0. The Labute approximate surface area is 733 Å². The summed E-state index contributed by atoms with van der Waals surface area (Å²) in [5, 5.41) is 3.06. The minimum atomic E-state index is -0.527. The highest BCUT2D eigenvalue weighted by atomic mass is 15.2. The van der Waals surface area contributed by atoms with Crippen molar-refractivity contribution in [2.24, 2.45) is 0 Å². The maximum atomic E-state index is 10.3. The highest BCUT2D eigenvalue weighted by Gasteiger charge is 2.46. The summed E-state index contributed by atoms with van der Waals surface area (Å²) in [4.78, 5) is 6.79. The van der Waals surface area contributed by atoms with E-state index in [1.54, 1.807) is 4.90 Å². The number of benzene rings is 16. The number of hydrogen-bond donors (Lipinski definition) is 0. The molecule has 0 N–H and O–H groups in total. The molecule has 0 fully saturated rings. The second-order valence-electron chi connectivity index (χ2n) is 38.4. The largest absolute Gasteiger partial charge is 0.311 e. The highest BCUT2D eigenvalue weighted by molar-refractivity contribution is 7.00. The first-order valence-electron chi connectivity index (χ1n) is 47.2. The first-order valence-corrected chi connectivity index (χ1v) is 42.7. The predicted octanol–water partition coefficient (Wildman–Crippen LogP) is 30.3. The molecule has 0 saturated heterocycles. The Morgan fingerprint density at radius 2 is 0.656 bits per heavy atom. The van der Waals surface area contributed by atoms with Crippen molar-refractivity contribution in [1.82, 2.24) is 9.13 Å². The monoisotopic (exact) mass is 1590 g/mol. The summed E-state index contributed by atoms with van der Waals surface area (Å²) in [6.45, 7) is 34.0. The Bertz CT molecular complexity index is 7470. The van der Waals surface area contributed by atoms with E-state index in [2.05, 4.69) is 373 Å². The maximum absolute atomic E-state index is 10.3. The number of rotatable bonds is 12. The Balaban J connectivity index is 0.968. The SMILES string of the molecule is [2H]c1c([2H])c([2H])c(N(c2ccccc2)c2ccc3c(c2)c2c([2H])c([2H])c([2H])c([2H])c2n3-c2ccc3c(c2)N(c2c(-c4ccccc4)cc(C(C)(C)C)cc2-c2ccccc2)c2cc(-c4cc(C(C)(C)C)cc(C(C)(C)C)c4)cc4c2B3c2ccc(-n3c5ccc(C(C)(C)C)cc5c5cc(C(C)(C)C)ccc53)cc2N4c2cc(-c3ccccc3)cc(-c3ccccc3)c2)c([2H])c1[2H]. The third kappa shape index (κ3) is 13.5. The maximum Gasteiger partial charge on any atom is 0.252 e. The van der Waals surface area contributed by atoms with E-state index in [0.29, 0.717) is 28.0 Å². The van der Waals surface area contributed by atoms with Crippen molar-refractivity contribution in [3.63, 3.8) is 0 Å². The molecule has 2 aromatic heterocycles. The van der Waals surface area contributed by atoms with Crippen LogP contribution in [0.25, 0.3) is 111 Å². The lowest BCUT2D eigenvalue weighted by atomic mass is 9.33. The Kier molecular flexibility index (Phi) is 16.1. The smallest absolute Gasteiger partial charge is 0.252 e. The molecule has 20 rings (SSSR count). The van der Waals surface area contributed by atoms with Crippen LogP contribution in [0.4, 0.5) is 51.2 Å². The number of para-hydroxylation sites is 3. The molecule has 2 aliphatic heterocycles. The second-order valence-corrected chi connectivity index (χ2v) is 38.4. The van der Waals surface area contributed by atoms with Crippen LogP contribution in [0.5, 0.6) is 0 Å². The van der Waals surface area contributed by atoms with E-state index in [1.807, 2.05) is 53.1 Å². The fourth-order valence-corrected chi connectivity index (χ4v) is 18.6. The molecule has 4 heterocycles. The van der Waals surface area contributed by atoms with Gasteiger partial charge < -0.3 is 23.8 Å². The van der Waals surface area contributed by atoms with Gasteiger partial charge in [-0.25, -0.2) is 0 Å². The van der Waals surface area contributed by atoms with Crippen molar-refractivity contribution < 1.29 is 12.3 Å². The van der Waals surface area contributed by atoms with Crippen molar-refractivity contribution in [2.75, 3.05) is 14.7 Å². The topological polar surface area (TPSA) is 19.6 Å². The predicted molar refractivity (Wildman–Crippen MR) is 525 cm³/mol. The van der Waals surface area contributed by atoms with Gasteiger partial charge in [0.15, 0.2) is 0 Å². The van der Waals surface area contributed by atoms with Crippen LogP contribution in [0, 0.1) is 0 Å². The zero-order chi connectivity index (χ0) is 91.9. The van der Waals surface area contributed by atoms with Crippen LogP contribution in [0.15, 0.2) is 358 Å². The highest BCUT2D eigenvalue weighted by Crippen LogP contribution is 2.55. The van der Waals surface area contributed by atoms with Crippen LogP contribution in [-0.2, 0) is 27.1 Å². The van der Waals surface area contributed by atoms with Gasteiger partial charge in [-0.2, -0.15) is 0 Å². The molecular weight excluding hydrogens is 1470 g/mol. The van der Waals surface area contributed by atoms with Gasteiger partial charge in [0.05, 0.1) is 40.1 Å². The molecule has 0 radical (unpaired) electrons. The average Bonchev–Trinajstić information content (AvgIpc) is 1.23. The number of nitrogens with zero attached hydrogens (tertiary/aromatic N) is 5. The minimum Gasteiger partial charge on any atom is -0.311 e. The minimum absolute atomic E-state index is 0.0808. The quantitative estimate of drug-likeness (QED) is 0.114. The van der Waals surface area contributed by atoms with Crippen LogP contribution in [0.2, 0.25) is 0 Å². The van der Waals surface area contributed by atoms with Gasteiger partial charge in [0.25, 0.3) is 6.71 Å². The molecule has 0 spiro atoms. The lowest BCUT2D eigenvalue weighted by molar-refractivity contribution is 0.569. The van der Waals surface area contributed by atoms with E-state index in [-0.39, 0.29) is 55.8 Å². The van der Waals surface area contributed by atoms with Crippen molar-refractivity contribution in [1.29, 1.82) is 0 Å². The second kappa shape index (κ2) is 29.2. The Hall–Kier alpha value is -13.4. The van der Waals surface area contributed by atoms with E-state index in [1.165, 1.54) is 33.0 Å². The Morgan fingerprint density at radius 1 is 0.254 bits per heavy atom. The van der Waals surface area contributed by atoms with Crippen LogP contribution in [-0.4, -0.2) is 15.8 Å². The third-order valence-corrected chi connectivity index (χ3v) is 25.2. The van der Waals surface area contributed by atoms with Gasteiger partial charge in [-0.3, -0.25) is 0 Å². The molecule has 0 unspecified atom stereocenters. The van der Waals surface area contributed by atoms with Crippen LogP contribution >= 0.6 is 0 Å². The number of fused-ring (bicyclic) bond motifs is 10. The van der Waals surface area contributed by atoms with E-state index < -0.39 is 49.0 Å². The third-order valence-electron chi connectivity index (χ3n) is 25.2. The Morgan fingerprint density at radius 3 is 1.15 bits per heavy atom. The van der Waals surface area contributed by atoms with E-state index >= 15 is 0 Å². The number of aromatic nitrogens is 2. The fraction of sp³-hybridized carbons (Fsp3) is 0.172. The van der Waals surface area contributed by atoms with Crippen molar-refractivity contribution in [3.05, 3.63) is 386 Å². The molecule has 18 aromatic rings. The molecule has 0 aliphatic carbocycles. The van der Waals surface area contributed by atoms with Gasteiger partial charge >= 0.3 is 0 Å². The van der Waals surface area contributed by atoms with Gasteiger partial charge in [-0.05, 0) is 255 Å². The van der Waals surface area contributed by atoms with E-state index in [4.69, 9.17) is 4.11 Å². The molecule has 5 nitrogen and oxygen atoms in total. The average molecular weight is 1590 g/mol. The molecule has 0 bridgehead atoms. The van der Waals surface area contributed by atoms with Crippen LogP contribution in [0.1, 0.15) is 144 Å². The zero-order valence-corrected chi connectivity index (χ0v) is 72.2. The summed E-state index contributed by atoms with van der Waals surface area (Å²) in [7, 11) is 0. The van der Waals surface area contributed by atoms with E-state index in [0.717, 1.165) is 128 Å². The number of hydrogen-bond acceptors (Lipinski definition) is 3. The summed E-state index contributed by atoms with van der Waals surface area (Å²) < 4.78 is 89.9. The molecule has 6 heteroatoms. The van der Waals surface area contributed by atoms with Crippen molar-refractivity contribution in [2.45, 2.75) is 131 Å². The summed E-state index contributed by atoms with van der Waals surface area (Å²) in [6, 6.07) is 106. The first-order chi connectivity index (χ1) is 62.4. The standard InChI is InChI=1S/C116H104BN5/c1-112(2,3)83-50-57-103-97(68-83)98-69-84(113(4,5)6)51-58-104(98)120(103)91-52-55-100-106(73-91)121(93-63-79(75-36-22-16-23-37-75)60-80(64-93)76-38-24-17-25-39-76)108-65-82(81-61-85(114(7,8)9)67-86(62-81)115(10,11)12)66-109-110(108)117(100)101-56-53-92(74-107(101)122(109)111-95(77-40-26-18-27-41-77)70-87(116(13,14)15)71-96(111)78-42-28-19-29-43-78)119-102-49-35-34-48-94(102)99-72-90(54-59-105(99)119)118(88-44-30-20-31-45-88)89-46-32-21-33-47-89/h16-74H,1-15H3/i20D,30D,31D,34D,35D,44D,45D,48D,49D. The van der Waals surface area contributed by atoms with Crippen molar-refractivity contribution in [3.8, 4) is 67.0 Å². The molecule has 0 atom stereocenters. The van der Waals surface area contributed by atoms with Gasteiger partial charge in [0, 0.05) is 89.5 Å². The van der Waals surface area contributed by atoms with E-state index in [9.17, 15) is 8.22 Å². The molecule has 0 amide bonds. The number of anilines is 9.